The predicted octanol–water partition coefficient (Wildman–Crippen LogP) is 3.94. The van der Waals surface area contributed by atoms with Crippen molar-refractivity contribution in [2.45, 2.75) is 0 Å². The zero-order chi connectivity index (χ0) is 14.8. The van der Waals surface area contributed by atoms with E-state index in [-0.39, 0.29) is 16.7 Å². The molecule has 0 spiro atoms. The standard InChI is InChI=1S/C14H9ClN4O2/c15-13-5-4-12(19(20)21)14(18-13)17-11-3-1-2-9-6-7-16-8-10(9)11/h1-8H,(H,17,18). The number of nitrogens with one attached hydrogen (secondary N) is 1. The molecule has 1 N–H and O–H groups in total. The van der Waals surface area contributed by atoms with E-state index in [9.17, 15) is 10.1 Å². The number of hydrogen-bond donors (Lipinski definition) is 1. The van der Waals surface area contributed by atoms with Gasteiger partial charge in [0.15, 0.2) is 0 Å². The molecule has 6 nitrogen and oxygen atoms in total. The third kappa shape index (κ3) is 2.61. The first-order valence-electron chi connectivity index (χ1n) is 6.06. The number of nitro groups is 1. The number of benzene rings is 1. The maximum absolute atomic E-state index is 11.1. The van der Waals surface area contributed by atoms with Crippen LogP contribution in [0.2, 0.25) is 5.15 Å². The van der Waals surface area contributed by atoms with Crippen LogP contribution in [0.15, 0.2) is 48.8 Å². The highest BCUT2D eigenvalue weighted by molar-refractivity contribution is 6.29. The fourth-order valence-corrected chi connectivity index (χ4v) is 2.16. The number of hydrogen-bond acceptors (Lipinski definition) is 5. The summed E-state index contributed by atoms with van der Waals surface area (Å²) in [5.41, 5.74) is 0.541. The third-order valence-corrected chi connectivity index (χ3v) is 3.18. The Hall–Kier alpha value is -2.73. The zero-order valence-corrected chi connectivity index (χ0v) is 11.4. The molecule has 104 valence electrons. The summed E-state index contributed by atoms with van der Waals surface area (Å²) in [6, 6.07) is 10.1. The van der Waals surface area contributed by atoms with Gasteiger partial charge < -0.3 is 5.32 Å². The van der Waals surface area contributed by atoms with Gasteiger partial charge in [-0.1, -0.05) is 23.7 Å². The topological polar surface area (TPSA) is 81.0 Å². The van der Waals surface area contributed by atoms with E-state index in [1.165, 1.54) is 12.1 Å². The number of anilines is 2. The largest absolute Gasteiger partial charge is 0.334 e. The summed E-state index contributed by atoms with van der Waals surface area (Å²) in [7, 11) is 0. The first-order chi connectivity index (χ1) is 10.1. The Morgan fingerprint density at radius 1 is 1.19 bits per heavy atom. The van der Waals surface area contributed by atoms with Gasteiger partial charge in [-0.2, -0.15) is 0 Å². The monoisotopic (exact) mass is 300 g/mol. The van der Waals surface area contributed by atoms with Crippen LogP contribution in [-0.2, 0) is 0 Å². The fourth-order valence-electron chi connectivity index (χ4n) is 2.02. The predicted molar refractivity (Wildman–Crippen MR) is 80.9 cm³/mol. The van der Waals surface area contributed by atoms with Gasteiger partial charge >= 0.3 is 5.69 Å². The van der Waals surface area contributed by atoms with E-state index in [1.807, 2.05) is 18.2 Å². The van der Waals surface area contributed by atoms with E-state index < -0.39 is 4.92 Å². The second-order valence-corrected chi connectivity index (χ2v) is 4.67. The van der Waals surface area contributed by atoms with Crippen LogP contribution in [0.1, 0.15) is 0 Å². The molecule has 0 aliphatic rings. The molecule has 0 aliphatic heterocycles. The van der Waals surface area contributed by atoms with Crippen molar-refractivity contribution in [3.8, 4) is 0 Å². The zero-order valence-electron chi connectivity index (χ0n) is 10.7. The Labute approximate surface area is 124 Å². The van der Waals surface area contributed by atoms with E-state index in [2.05, 4.69) is 15.3 Å². The summed E-state index contributed by atoms with van der Waals surface area (Å²) >= 11 is 5.82. The molecule has 2 heterocycles. The van der Waals surface area contributed by atoms with Crippen molar-refractivity contribution in [1.29, 1.82) is 0 Å². The van der Waals surface area contributed by atoms with E-state index >= 15 is 0 Å². The Morgan fingerprint density at radius 3 is 2.86 bits per heavy atom. The molecule has 0 amide bonds. The van der Waals surface area contributed by atoms with E-state index in [4.69, 9.17) is 11.6 Å². The number of fused-ring (bicyclic) bond motifs is 1. The maximum atomic E-state index is 11.1. The molecule has 0 fully saturated rings. The highest BCUT2D eigenvalue weighted by Gasteiger charge is 2.16. The minimum Gasteiger partial charge on any atom is -0.334 e. The number of nitrogens with zero attached hydrogens (tertiary/aromatic N) is 3. The van der Waals surface area contributed by atoms with E-state index in [0.29, 0.717) is 5.69 Å². The van der Waals surface area contributed by atoms with E-state index in [1.54, 1.807) is 18.5 Å². The normalized spacial score (nSPS) is 10.5. The summed E-state index contributed by atoms with van der Waals surface area (Å²) in [4.78, 5) is 18.6. The fraction of sp³-hybridized carbons (Fsp3) is 0. The number of aromatic nitrogens is 2. The molecule has 0 radical (unpaired) electrons. The molecular weight excluding hydrogens is 292 g/mol. The van der Waals surface area contributed by atoms with Gasteiger partial charge in [-0.3, -0.25) is 15.1 Å². The van der Waals surface area contributed by atoms with Crippen LogP contribution in [0.25, 0.3) is 10.8 Å². The van der Waals surface area contributed by atoms with Crippen molar-refractivity contribution >= 4 is 39.6 Å². The number of rotatable bonds is 3. The van der Waals surface area contributed by atoms with Crippen molar-refractivity contribution in [2.24, 2.45) is 0 Å². The van der Waals surface area contributed by atoms with Gasteiger partial charge in [0.1, 0.15) is 5.15 Å². The number of halogens is 1. The van der Waals surface area contributed by atoms with Gasteiger partial charge in [0, 0.05) is 29.5 Å². The third-order valence-electron chi connectivity index (χ3n) is 2.97. The van der Waals surface area contributed by atoms with Crippen LogP contribution in [0.3, 0.4) is 0 Å². The Bertz CT molecular complexity index is 833. The smallest absolute Gasteiger partial charge is 0.311 e. The van der Waals surface area contributed by atoms with Gasteiger partial charge in [-0.05, 0) is 23.6 Å². The summed E-state index contributed by atoms with van der Waals surface area (Å²) < 4.78 is 0. The van der Waals surface area contributed by atoms with Crippen LogP contribution in [0, 0.1) is 10.1 Å². The van der Waals surface area contributed by atoms with Gasteiger partial charge in [-0.15, -0.1) is 0 Å². The van der Waals surface area contributed by atoms with Crippen LogP contribution >= 0.6 is 11.6 Å². The molecule has 0 saturated heterocycles. The Morgan fingerprint density at radius 2 is 2.05 bits per heavy atom. The first-order valence-corrected chi connectivity index (χ1v) is 6.43. The lowest BCUT2D eigenvalue weighted by molar-refractivity contribution is -0.384. The second kappa shape index (κ2) is 5.34. The van der Waals surface area contributed by atoms with Crippen molar-refractivity contribution < 1.29 is 4.92 Å². The molecule has 0 bridgehead atoms. The average Bonchev–Trinajstić information content (AvgIpc) is 2.47. The molecule has 21 heavy (non-hydrogen) atoms. The van der Waals surface area contributed by atoms with Gasteiger partial charge in [0.05, 0.1) is 4.92 Å². The molecule has 2 aromatic heterocycles. The molecule has 0 unspecified atom stereocenters. The average molecular weight is 301 g/mol. The molecule has 1 aromatic carbocycles. The van der Waals surface area contributed by atoms with Crippen molar-refractivity contribution in [2.75, 3.05) is 5.32 Å². The number of pyridine rings is 2. The quantitative estimate of drug-likeness (QED) is 0.450. The molecule has 0 aliphatic carbocycles. The lowest BCUT2D eigenvalue weighted by Crippen LogP contribution is -2.00. The lowest BCUT2D eigenvalue weighted by Gasteiger charge is -2.09. The highest BCUT2D eigenvalue weighted by Crippen LogP contribution is 2.30. The lowest BCUT2D eigenvalue weighted by atomic mass is 10.1. The van der Waals surface area contributed by atoms with Crippen LogP contribution in [0.4, 0.5) is 17.2 Å². The van der Waals surface area contributed by atoms with Gasteiger partial charge in [0.25, 0.3) is 0 Å². The van der Waals surface area contributed by atoms with Crippen molar-refractivity contribution in [3.05, 3.63) is 64.1 Å². The first kappa shape index (κ1) is 13.3. The van der Waals surface area contributed by atoms with E-state index in [0.717, 1.165) is 10.8 Å². The molecule has 3 aromatic rings. The Balaban J connectivity index is 2.11. The van der Waals surface area contributed by atoms with Crippen LogP contribution in [0.5, 0.6) is 0 Å². The maximum Gasteiger partial charge on any atom is 0.311 e. The summed E-state index contributed by atoms with van der Waals surface area (Å²) in [6.45, 7) is 0. The summed E-state index contributed by atoms with van der Waals surface area (Å²) in [5, 5.41) is 16.0. The molecule has 0 atom stereocenters. The van der Waals surface area contributed by atoms with Crippen LogP contribution in [-0.4, -0.2) is 14.9 Å². The van der Waals surface area contributed by atoms with Crippen molar-refractivity contribution in [1.82, 2.24) is 9.97 Å². The summed E-state index contributed by atoms with van der Waals surface area (Å²) in [6.07, 6.45) is 3.38. The van der Waals surface area contributed by atoms with Crippen LogP contribution < -0.4 is 5.32 Å². The molecule has 7 heteroatoms. The van der Waals surface area contributed by atoms with Gasteiger partial charge in [0.2, 0.25) is 5.82 Å². The minimum atomic E-state index is -0.505. The highest BCUT2D eigenvalue weighted by atomic mass is 35.5. The second-order valence-electron chi connectivity index (χ2n) is 4.29. The minimum absolute atomic E-state index is 0.101. The molecular formula is C14H9ClN4O2. The molecule has 3 rings (SSSR count). The van der Waals surface area contributed by atoms with Gasteiger partial charge in [-0.25, -0.2) is 4.98 Å². The SMILES string of the molecule is O=[N+]([O-])c1ccc(Cl)nc1Nc1cccc2ccncc12. The summed E-state index contributed by atoms with van der Waals surface area (Å²) in [5.74, 6) is 0.101. The Kier molecular flexibility index (Phi) is 3.37. The molecule has 0 saturated carbocycles. The van der Waals surface area contributed by atoms with Crippen molar-refractivity contribution in [3.63, 3.8) is 0 Å².